The second-order valence-corrected chi connectivity index (χ2v) is 5.31. The SMILES string of the molecule is OCC1CCCCC1NCc1cccc(F)c1Cl. The van der Waals surface area contributed by atoms with Gasteiger partial charge in [-0.2, -0.15) is 0 Å². The van der Waals surface area contributed by atoms with E-state index in [2.05, 4.69) is 5.32 Å². The van der Waals surface area contributed by atoms with Crippen LogP contribution in [0, 0.1) is 11.7 Å². The van der Waals surface area contributed by atoms with E-state index in [0.29, 0.717) is 18.5 Å². The molecule has 1 saturated carbocycles. The number of aliphatic hydroxyl groups excluding tert-OH is 1. The standard InChI is InChI=1S/C14H19ClFNO/c15-14-10(5-3-6-12(14)16)8-17-13-7-2-1-4-11(13)9-18/h3,5-6,11,13,17-18H,1-2,4,7-9H2. The first kappa shape index (κ1) is 13.8. The van der Waals surface area contributed by atoms with E-state index in [4.69, 9.17) is 11.6 Å². The molecule has 0 aromatic heterocycles. The van der Waals surface area contributed by atoms with Crippen molar-refractivity contribution in [3.8, 4) is 0 Å². The van der Waals surface area contributed by atoms with E-state index in [-0.39, 0.29) is 17.4 Å². The molecule has 0 amide bonds. The molecule has 0 heterocycles. The van der Waals surface area contributed by atoms with Crippen LogP contribution in [0.5, 0.6) is 0 Å². The Kier molecular flexibility index (Phi) is 4.98. The third-order valence-electron chi connectivity index (χ3n) is 3.73. The van der Waals surface area contributed by atoms with Crippen molar-refractivity contribution in [2.75, 3.05) is 6.61 Å². The van der Waals surface area contributed by atoms with E-state index >= 15 is 0 Å². The maximum Gasteiger partial charge on any atom is 0.142 e. The minimum atomic E-state index is -0.377. The molecule has 2 nitrogen and oxygen atoms in total. The third-order valence-corrected chi connectivity index (χ3v) is 4.15. The molecule has 1 aromatic carbocycles. The van der Waals surface area contributed by atoms with Crippen LogP contribution in [0.4, 0.5) is 4.39 Å². The molecule has 2 rings (SSSR count). The molecule has 100 valence electrons. The molecule has 0 radical (unpaired) electrons. The Labute approximate surface area is 112 Å². The van der Waals surface area contributed by atoms with Crippen LogP contribution in [0.15, 0.2) is 18.2 Å². The monoisotopic (exact) mass is 271 g/mol. The summed E-state index contributed by atoms with van der Waals surface area (Å²) in [6.45, 7) is 0.770. The molecule has 0 saturated heterocycles. The van der Waals surface area contributed by atoms with Crippen molar-refractivity contribution >= 4 is 11.6 Å². The van der Waals surface area contributed by atoms with Crippen molar-refractivity contribution in [1.82, 2.24) is 5.32 Å². The minimum absolute atomic E-state index is 0.196. The highest BCUT2D eigenvalue weighted by Gasteiger charge is 2.24. The lowest BCUT2D eigenvalue weighted by molar-refractivity contribution is 0.152. The fourth-order valence-electron chi connectivity index (χ4n) is 2.62. The quantitative estimate of drug-likeness (QED) is 0.882. The van der Waals surface area contributed by atoms with E-state index in [9.17, 15) is 9.50 Å². The lowest BCUT2D eigenvalue weighted by Crippen LogP contribution is -2.39. The van der Waals surface area contributed by atoms with Crippen LogP contribution in [0.3, 0.4) is 0 Å². The number of hydrogen-bond donors (Lipinski definition) is 2. The smallest absolute Gasteiger partial charge is 0.142 e. The molecule has 2 N–H and O–H groups in total. The van der Waals surface area contributed by atoms with Crippen molar-refractivity contribution < 1.29 is 9.50 Å². The van der Waals surface area contributed by atoms with Gasteiger partial charge in [0.15, 0.2) is 0 Å². The molecule has 0 aliphatic heterocycles. The zero-order valence-corrected chi connectivity index (χ0v) is 11.1. The highest BCUT2D eigenvalue weighted by molar-refractivity contribution is 6.31. The summed E-state index contributed by atoms with van der Waals surface area (Å²) in [6.07, 6.45) is 4.50. The van der Waals surface area contributed by atoms with Crippen molar-refractivity contribution in [3.05, 3.63) is 34.6 Å². The molecule has 1 fully saturated rings. The Balaban J connectivity index is 1.96. The van der Waals surface area contributed by atoms with Crippen molar-refractivity contribution in [2.45, 2.75) is 38.3 Å². The molecular formula is C14H19ClFNO. The van der Waals surface area contributed by atoms with Gasteiger partial charge in [-0.05, 0) is 30.4 Å². The van der Waals surface area contributed by atoms with Crippen LogP contribution in [-0.2, 0) is 6.54 Å². The van der Waals surface area contributed by atoms with Gasteiger partial charge in [0.25, 0.3) is 0 Å². The summed E-state index contributed by atoms with van der Waals surface area (Å²) in [5, 5.41) is 12.9. The zero-order valence-electron chi connectivity index (χ0n) is 10.3. The number of benzene rings is 1. The summed E-state index contributed by atoms with van der Waals surface area (Å²) in [7, 11) is 0. The maximum absolute atomic E-state index is 13.3. The van der Waals surface area contributed by atoms with Gasteiger partial charge in [-0.1, -0.05) is 36.6 Å². The summed E-state index contributed by atoms with van der Waals surface area (Å²) in [5.74, 6) is -0.0654. The number of rotatable bonds is 4. The van der Waals surface area contributed by atoms with E-state index in [0.717, 1.165) is 18.4 Å². The maximum atomic E-state index is 13.3. The molecule has 4 heteroatoms. The van der Waals surface area contributed by atoms with E-state index in [1.807, 2.05) is 6.07 Å². The van der Waals surface area contributed by atoms with E-state index < -0.39 is 0 Å². The molecule has 2 atom stereocenters. The minimum Gasteiger partial charge on any atom is -0.396 e. The van der Waals surface area contributed by atoms with Crippen LogP contribution in [0.2, 0.25) is 5.02 Å². The molecule has 1 aliphatic rings. The molecular weight excluding hydrogens is 253 g/mol. The lowest BCUT2D eigenvalue weighted by Gasteiger charge is -2.31. The highest BCUT2D eigenvalue weighted by Crippen LogP contribution is 2.25. The summed E-state index contributed by atoms with van der Waals surface area (Å²) < 4.78 is 13.3. The van der Waals surface area contributed by atoms with E-state index in [1.165, 1.54) is 18.9 Å². The number of hydrogen-bond acceptors (Lipinski definition) is 2. The third kappa shape index (κ3) is 3.22. The van der Waals surface area contributed by atoms with Gasteiger partial charge in [-0.15, -0.1) is 0 Å². The average Bonchev–Trinajstić information content (AvgIpc) is 2.41. The largest absolute Gasteiger partial charge is 0.396 e. The van der Waals surface area contributed by atoms with Crippen LogP contribution < -0.4 is 5.32 Å². The van der Waals surface area contributed by atoms with Gasteiger partial charge in [0.1, 0.15) is 5.82 Å². The summed E-state index contributed by atoms with van der Waals surface area (Å²) >= 11 is 5.92. The Morgan fingerprint density at radius 1 is 1.33 bits per heavy atom. The van der Waals surface area contributed by atoms with Gasteiger partial charge in [0, 0.05) is 19.2 Å². The molecule has 0 bridgehead atoms. The Morgan fingerprint density at radius 3 is 2.89 bits per heavy atom. The van der Waals surface area contributed by atoms with Gasteiger partial charge in [-0.25, -0.2) is 4.39 Å². The molecule has 1 aliphatic carbocycles. The Morgan fingerprint density at radius 2 is 2.11 bits per heavy atom. The van der Waals surface area contributed by atoms with Crippen molar-refractivity contribution in [3.63, 3.8) is 0 Å². The first-order valence-corrected chi connectivity index (χ1v) is 6.87. The van der Waals surface area contributed by atoms with Gasteiger partial charge in [0.2, 0.25) is 0 Å². The first-order valence-electron chi connectivity index (χ1n) is 6.49. The summed E-state index contributed by atoms with van der Waals surface area (Å²) in [5.41, 5.74) is 0.777. The van der Waals surface area contributed by atoms with Gasteiger partial charge < -0.3 is 10.4 Å². The lowest BCUT2D eigenvalue weighted by atomic mass is 9.85. The predicted molar refractivity (Wildman–Crippen MR) is 71.1 cm³/mol. The Bertz CT molecular complexity index is 399. The number of halogens is 2. The topological polar surface area (TPSA) is 32.3 Å². The summed E-state index contributed by atoms with van der Waals surface area (Å²) in [4.78, 5) is 0. The van der Waals surface area contributed by atoms with Gasteiger partial charge in [-0.3, -0.25) is 0 Å². The molecule has 0 spiro atoms. The van der Waals surface area contributed by atoms with Crippen LogP contribution >= 0.6 is 11.6 Å². The molecule has 1 aromatic rings. The van der Waals surface area contributed by atoms with Gasteiger partial charge in [0.05, 0.1) is 5.02 Å². The average molecular weight is 272 g/mol. The predicted octanol–water partition coefficient (Wildman–Crippen LogP) is 3.12. The van der Waals surface area contributed by atoms with Gasteiger partial charge >= 0.3 is 0 Å². The number of nitrogens with one attached hydrogen (secondary N) is 1. The Hall–Kier alpha value is -0.640. The molecule has 2 unspecified atom stereocenters. The normalized spacial score (nSPS) is 24.2. The van der Waals surface area contributed by atoms with Crippen LogP contribution in [0.1, 0.15) is 31.2 Å². The van der Waals surface area contributed by atoms with Crippen LogP contribution in [0.25, 0.3) is 0 Å². The zero-order chi connectivity index (χ0) is 13.0. The number of aliphatic hydroxyl groups is 1. The molecule has 18 heavy (non-hydrogen) atoms. The highest BCUT2D eigenvalue weighted by atomic mass is 35.5. The van der Waals surface area contributed by atoms with Crippen molar-refractivity contribution in [2.24, 2.45) is 5.92 Å². The second-order valence-electron chi connectivity index (χ2n) is 4.93. The second kappa shape index (κ2) is 6.50. The fourth-order valence-corrected chi connectivity index (χ4v) is 2.81. The first-order chi connectivity index (χ1) is 8.72. The van der Waals surface area contributed by atoms with Crippen molar-refractivity contribution in [1.29, 1.82) is 0 Å². The van der Waals surface area contributed by atoms with E-state index in [1.54, 1.807) is 6.07 Å². The summed E-state index contributed by atoms with van der Waals surface area (Å²) in [6, 6.07) is 5.17. The fraction of sp³-hybridized carbons (Fsp3) is 0.571. The van der Waals surface area contributed by atoms with Crippen LogP contribution in [-0.4, -0.2) is 17.8 Å².